The normalized spacial score (nSPS) is 29.4. The van der Waals surface area contributed by atoms with Gasteiger partial charge in [-0.25, -0.2) is 4.39 Å². The minimum absolute atomic E-state index is 0.137. The average molecular weight is 262 g/mol. The molecule has 0 aliphatic carbocycles. The zero-order valence-electron chi connectivity index (χ0n) is 11.0. The van der Waals surface area contributed by atoms with E-state index in [4.69, 9.17) is 4.74 Å². The molecule has 0 aromatic heterocycles. The van der Waals surface area contributed by atoms with E-state index in [0.717, 1.165) is 25.7 Å². The fourth-order valence-electron chi connectivity index (χ4n) is 3.28. The molecule has 2 atom stereocenters. The van der Waals surface area contributed by atoms with Crippen LogP contribution in [0.1, 0.15) is 37.7 Å². The molecule has 3 rings (SSSR count). The van der Waals surface area contributed by atoms with Crippen molar-refractivity contribution >= 4 is 5.78 Å². The van der Waals surface area contributed by atoms with Crippen molar-refractivity contribution in [3.8, 4) is 0 Å². The number of hydrogen-bond donors (Lipinski definition) is 0. The van der Waals surface area contributed by atoms with Crippen molar-refractivity contribution in [3.63, 3.8) is 0 Å². The predicted octanol–water partition coefficient (Wildman–Crippen LogP) is 3.29. The van der Waals surface area contributed by atoms with Crippen LogP contribution in [-0.2, 0) is 16.0 Å². The lowest BCUT2D eigenvalue weighted by Crippen LogP contribution is -2.30. The second-order valence-corrected chi connectivity index (χ2v) is 5.68. The summed E-state index contributed by atoms with van der Waals surface area (Å²) in [7, 11) is 0. The highest BCUT2D eigenvalue weighted by Crippen LogP contribution is 2.36. The molecule has 0 saturated carbocycles. The van der Waals surface area contributed by atoms with Gasteiger partial charge in [0.25, 0.3) is 0 Å². The molecule has 0 radical (unpaired) electrons. The highest BCUT2D eigenvalue weighted by Gasteiger charge is 2.37. The van der Waals surface area contributed by atoms with Crippen molar-refractivity contribution in [2.45, 2.75) is 50.7 Å². The largest absolute Gasteiger partial charge is 0.375 e. The van der Waals surface area contributed by atoms with E-state index in [2.05, 4.69) is 0 Å². The van der Waals surface area contributed by atoms with Crippen molar-refractivity contribution in [2.75, 3.05) is 0 Å². The van der Waals surface area contributed by atoms with Crippen LogP contribution in [0.15, 0.2) is 24.3 Å². The van der Waals surface area contributed by atoms with Gasteiger partial charge in [0, 0.05) is 12.3 Å². The van der Waals surface area contributed by atoms with Crippen molar-refractivity contribution in [1.29, 1.82) is 0 Å². The Morgan fingerprint density at radius 1 is 1.21 bits per heavy atom. The molecular formula is C16H19FO2. The second kappa shape index (κ2) is 5.41. The van der Waals surface area contributed by atoms with Crippen LogP contribution in [0.4, 0.5) is 4.39 Å². The molecule has 1 aromatic rings. The highest BCUT2D eigenvalue weighted by atomic mass is 19.1. The zero-order chi connectivity index (χ0) is 13.2. The van der Waals surface area contributed by atoms with E-state index < -0.39 is 0 Å². The van der Waals surface area contributed by atoms with Crippen molar-refractivity contribution < 1.29 is 13.9 Å². The van der Waals surface area contributed by atoms with Gasteiger partial charge in [-0.3, -0.25) is 4.79 Å². The lowest BCUT2D eigenvalue weighted by Gasteiger charge is -2.27. The van der Waals surface area contributed by atoms with Crippen LogP contribution in [0.3, 0.4) is 0 Å². The van der Waals surface area contributed by atoms with Crippen LogP contribution < -0.4 is 0 Å². The monoisotopic (exact) mass is 262 g/mol. The maximum absolute atomic E-state index is 13.5. The van der Waals surface area contributed by atoms with Crippen LogP contribution in [0.2, 0.25) is 0 Å². The maximum Gasteiger partial charge on any atom is 0.136 e. The summed E-state index contributed by atoms with van der Waals surface area (Å²) in [6, 6.07) is 6.71. The molecule has 0 amide bonds. The third-order valence-corrected chi connectivity index (χ3v) is 4.34. The summed E-state index contributed by atoms with van der Waals surface area (Å²) in [5.41, 5.74) is 0.644. The number of Topliss-reactive ketones (excluding diaryl/α,β-unsaturated/α-hetero) is 1. The van der Waals surface area contributed by atoms with E-state index in [9.17, 15) is 9.18 Å². The number of carbonyl (C=O) groups excluding carboxylic acids is 1. The molecule has 0 N–H and O–H groups in total. The van der Waals surface area contributed by atoms with Crippen molar-refractivity contribution in [1.82, 2.24) is 0 Å². The van der Waals surface area contributed by atoms with E-state index in [0.29, 0.717) is 30.6 Å². The third-order valence-electron chi connectivity index (χ3n) is 4.34. The lowest BCUT2D eigenvalue weighted by molar-refractivity contribution is -0.128. The Labute approximate surface area is 113 Å². The quantitative estimate of drug-likeness (QED) is 0.832. The minimum Gasteiger partial charge on any atom is -0.375 e. The van der Waals surface area contributed by atoms with Crippen LogP contribution in [0.25, 0.3) is 0 Å². The predicted molar refractivity (Wildman–Crippen MR) is 70.3 cm³/mol. The number of benzene rings is 1. The Morgan fingerprint density at radius 3 is 2.58 bits per heavy atom. The lowest BCUT2D eigenvalue weighted by atomic mass is 9.88. The van der Waals surface area contributed by atoms with Gasteiger partial charge in [0.15, 0.2) is 0 Å². The van der Waals surface area contributed by atoms with E-state index in [1.807, 2.05) is 6.07 Å². The number of ketones is 1. The van der Waals surface area contributed by atoms with Crippen molar-refractivity contribution in [2.24, 2.45) is 5.92 Å². The number of ether oxygens (including phenoxy) is 1. The third kappa shape index (κ3) is 2.86. The SMILES string of the molecule is O=C(CCc1ccccc1F)C1CC2CCC(C1)O2. The fraction of sp³-hybridized carbons (Fsp3) is 0.562. The van der Waals surface area contributed by atoms with Gasteiger partial charge in [0.1, 0.15) is 11.6 Å². The van der Waals surface area contributed by atoms with Crippen molar-refractivity contribution in [3.05, 3.63) is 35.6 Å². The molecule has 2 aliphatic rings. The number of fused-ring (bicyclic) bond motifs is 2. The maximum atomic E-state index is 13.5. The Kier molecular flexibility index (Phi) is 3.65. The summed E-state index contributed by atoms with van der Waals surface area (Å²) in [5, 5.41) is 0. The van der Waals surface area contributed by atoms with Crippen LogP contribution in [0, 0.1) is 11.7 Å². The van der Waals surface area contributed by atoms with Gasteiger partial charge >= 0.3 is 0 Å². The fourth-order valence-corrected chi connectivity index (χ4v) is 3.28. The molecule has 2 aliphatic heterocycles. The first kappa shape index (κ1) is 12.8. The molecule has 2 heterocycles. The van der Waals surface area contributed by atoms with Crippen LogP contribution >= 0.6 is 0 Å². The van der Waals surface area contributed by atoms with Gasteiger partial charge in [0.05, 0.1) is 12.2 Å². The Hall–Kier alpha value is -1.22. The molecule has 2 saturated heterocycles. The zero-order valence-corrected chi connectivity index (χ0v) is 11.0. The molecule has 2 unspecified atom stereocenters. The second-order valence-electron chi connectivity index (χ2n) is 5.68. The molecule has 0 spiro atoms. The molecule has 1 aromatic carbocycles. The summed E-state index contributed by atoms with van der Waals surface area (Å²) < 4.78 is 19.2. The average Bonchev–Trinajstić information content (AvgIpc) is 2.76. The summed E-state index contributed by atoms with van der Waals surface area (Å²) in [6.07, 6.45) is 5.48. The summed E-state index contributed by atoms with van der Waals surface area (Å²) in [5.74, 6) is 0.212. The van der Waals surface area contributed by atoms with Crippen LogP contribution in [-0.4, -0.2) is 18.0 Å². The molecule has 2 fully saturated rings. The van der Waals surface area contributed by atoms with Gasteiger partial charge in [-0.1, -0.05) is 18.2 Å². The number of halogens is 1. The Bertz CT molecular complexity index is 460. The van der Waals surface area contributed by atoms with Gasteiger partial charge in [-0.2, -0.15) is 0 Å². The van der Waals surface area contributed by atoms with E-state index in [-0.39, 0.29) is 17.5 Å². The van der Waals surface area contributed by atoms with Gasteiger partial charge in [-0.05, 0) is 43.7 Å². The summed E-state index contributed by atoms with van der Waals surface area (Å²) in [6.45, 7) is 0. The smallest absolute Gasteiger partial charge is 0.136 e. The van der Waals surface area contributed by atoms with Gasteiger partial charge in [0.2, 0.25) is 0 Å². The highest BCUT2D eigenvalue weighted by molar-refractivity contribution is 5.81. The van der Waals surface area contributed by atoms with Gasteiger partial charge in [-0.15, -0.1) is 0 Å². The number of aryl methyl sites for hydroxylation is 1. The molecule has 2 bridgehead atoms. The topological polar surface area (TPSA) is 26.3 Å². The van der Waals surface area contributed by atoms with Gasteiger partial charge < -0.3 is 4.74 Å². The minimum atomic E-state index is -0.206. The van der Waals surface area contributed by atoms with E-state index >= 15 is 0 Å². The Morgan fingerprint density at radius 2 is 1.89 bits per heavy atom. The standard InChI is InChI=1S/C16H19FO2/c17-15-4-2-1-3-11(15)5-8-16(18)12-9-13-6-7-14(10-12)19-13/h1-4,12-14H,5-10H2. The molecule has 2 nitrogen and oxygen atoms in total. The van der Waals surface area contributed by atoms with E-state index in [1.165, 1.54) is 6.07 Å². The Balaban J connectivity index is 1.56. The molecule has 102 valence electrons. The summed E-state index contributed by atoms with van der Waals surface area (Å²) >= 11 is 0. The molecule has 19 heavy (non-hydrogen) atoms. The summed E-state index contributed by atoms with van der Waals surface area (Å²) in [4.78, 5) is 12.2. The molecule has 3 heteroatoms. The van der Waals surface area contributed by atoms with Crippen LogP contribution in [0.5, 0.6) is 0 Å². The number of hydrogen-bond acceptors (Lipinski definition) is 2. The first-order valence-electron chi connectivity index (χ1n) is 7.14. The molecular weight excluding hydrogens is 243 g/mol. The number of rotatable bonds is 4. The number of carbonyl (C=O) groups is 1. The first-order chi connectivity index (χ1) is 9.22. The first-order valence-corrected chi connectivity index (χ1v) is 7.14. The van der Waals surface area contributed by atoms with E-state index in [1.54, 1.807) is 12.1 Å².